The van der Waals surface area contributed by atoms with Gasteiger partial charge in [-0.2, -0.15) is 5.10 Å². The number of nitrogens with one attached hydrogen (secondary N) is 1. The van der Waals surface area contributed by atoms with Crippen molar-refractivity contribution in [2.75, 3.05) is 11.9 Å². The van der Waals surface area contributed by atoms with E-state index in [9.17, 15) is 4.79 Å². The summed E-state index contributed by atoms with van der Waals surface area (Å²) in [5, 5.41) is 7.75. The van der Waals surface area contributed by atoms with Crippen LogP contribution in [0.4, 0.5) is 5.69 Å². The van der Waals surface area contributed by atoms with Gasteiger partial charge >= 0.3 is 0 Å². The van der Waals surface area contributed by atoms with Gasteiger partial charge in [0.2, 0.25) is 5.91 Å². The Hall–Kier alpha value is -3.41. The number of allylic oxidation sites excluding steroid dienone is 2. The van der Waals surface area contributed by atoms with Gasteiger partial charge in [-0.25, -0.2) is 9.67 Å². The molecule has 0 spiro atoms. The molecule has 0 bridgehead atoms. The van der Waals surface area contributed by atoms with Gasteiger partial charge < -0.3 is 10.1 Å². The summed E-state index contributed by atoms with van der Waals surface area (Å²) >= 11 is 0. The van der Waals surface area contributed by atoms with E-state index in [0.29, 0.717) is 13.0 Å². The summed E-state index contributed by atoms with van der Waals surface area (Å²) < 4.78 is 7.88. The lowest BCUT2D eigenvalue weighted by molar-refractivity contribution is -0.116. The van der Waals surface area contributed by atoms with E-state index in [4.69, 9.17) is 9.84 Å². The Kier molecular flexibility index (Phi) is 6.24. The molecule has 5 rings (SSSR count). The number of aryl methyl sites for hydroxylation is 2. The van der Waals surface area contributed by atoms with Crippen molar-refractivity contribution in [3.8, 4) is 11.6 Å². The second-order valence-electron chi connectivity index (χ2n) is 8.97. The highest BCUT2D eigenvalue weighted by molar-refractivity contribution is 5.94. The number of unbranched alkanes of at least 4 members (excludes halogenated alkanes) is 1. The van der Waals surface area contributed by atoms with Gasteiger partial charge in [-0.15, -0.1) is 0 Å². The highest BCUT2D eigenvalue weighted by Crippen LogP contribution is 2.29. The predicted octanol–water partition coefficient (Wildman–Crippen LogP) is 5.45. The molecule has 1 amide bonds. The number of fused-ring (bicyclic) bond motifs is 2. The summed E-state index contributed by atoms with van der Waals surface area (Å²) in [4.78, 5) is 16.0. The van der Waals surface area contributed by atoms with Crippen LogP contribution in [0.5, 0.6) is 5.75 Å². The van der Waals surface area contributed by atoms with Gasteiger partial charge in [0.15, 0.2) is 5.82 Å². The number of amides is 1. The lowest BCUT2D eigenvalue weighted by Gasteiger charge is -2.17. The van der Waals surface area contributed by atoms with Crippen LogP contribution in [-0.4, -0.2) is 27.3 Å². The van der Waals surface area contributed by atoms with E-state index in [1.165, 1.54) is 28.0 Å². The van der Waals surface area contributed by atoms with Crippen LogP contribution in [0, 0.1) is 0 Å². The second-order valence-corrected chi connectivity index (χ2v) is 8.97. The first-order valence-electron chi connectivity index (χ1n) is 11.9. The minimum atomic E-state index is 0. The molecule has 0 atom stereocenters. The SMILES string of the molecule is CC1=C(CCCCOc2ccc3c(c2)NC(=O)CC3)Cc2cn(-c3ccccn3)nc2CC1.[HH]. The summed E-state index contributed by atoms with van der Waals surface area (Å²) in [7, 11) is 0. The van der Waals surface area contributed by atoms with E-state index in [2.05, 4.69) is 29.5 Å². The first-order valence-corrected chi connectivity index (χ1v) is 11.9. The van der Waals surface area contributed by atoms with Crippen molar-refractivity contribution >= 4 is 11.6 Å². The van der Waals surface area contributed by atoms with E-state index in [0.717, 1.165) is 62.2 Å². The number of aromatic nitrogens is 3. The second kappa shape index (κ2) is 9.61. The molecule has 6 heteroatoms. The fourth-order valence-corrected chi connectivity index (χ4v) is 4.65. The molecule has 0 saturated heterocycles. The fourth-order valence-electron chi connectivity index (χ4n) is 4.65. The molecule has 6 nitrogen and oxygen atoms in total. The molecule has 3 heterocycles. The quantitative estimate of drug-likeness (QED) is 0.388. The largest absolute Gasteiger partial charge is 0.494 e. The van der Waals surface area contributed by atoms with Crippen molar-refractivity contribution in [1.29, 1.82) is 0 Å². The molecule has 3 aromatic rings. The number of hydrogen-bond donors (Lipinski definition) is 1. The van der Waals surface area contributed by atoms with Crippen molar-refractivity contribution < 1.29 is 11.0 Å². The van der Waals surface area contributed by atoms with Crippen molar-refractivity contribution in [3.63, 3.8) is 0 Å². The van der Waals surface area contributed by atoms with Crippen LogP contribution >= 0.6 is 0 Å². The van der Waals surface area contributed by atoms with Gasteiger partial charge in [-0.3, -0.25) is 4.79 Å². The van der Waals surface area contributed by atoms with E-state index >= 15 is 0 Å². The van der Waals surface area contributed by atoms with E-state index in [1.807, 2.05) is 35.0 Å². The summed E-state index contributed by atoms with van der Waals surface area (Å²) in [6, 6.07) is 11.9. The fraction of sp³-hybridized carbons (Fsp3) is 0.370. The van der Waals surface area contributed by atoms with Crippen molar-refractivity contribution in [1.82, 2.24) is 14.8 Å². The van der Waals surface area contributed by atoms with Crippen LogP contribution < -0.4 is 10.1 Å². The molecular weight excluding hydrogens is 412 g/mol. The van der Waals surface area contributed by atoms with E-state index < -0.39 is 0 Å². The molecule has 0 saturated carbocycles. The van der Waals surface area contributed by atoms with Crippen molar-refractivity contribution in [3.05, 3.63) is 76.8 Å². The molecule has 2 aliphatic rings. The summed E-state index contributed by atoms with van der Waals surface area (Å²) in [5.74, 6) is 1.78. The Morgan fingerprint density at radius 1 is 1.09 bits per heavy atom. The predicted molar refractivity (Wildman–Crippen MR) is 131 cm³/mol. The Bertz CT molecular complexity index is 1190. The molecule has 0 unspecified atom stereocenters. The van der Waals surface area contributed by atoms with Crippen molar-refractivity contribution in [2.45, 2.75) is 58.3 Å². The molecule has 172 valence electrons. The number of carbonyl (C=O) groups is 1. The number of nitrogens with zero attached hydrogens (tertiary/aromatic N) is 3. The normalized spacial score (nSPS) is 15.5. The molecule has 0 radical (unpaired) electrons. The summed E-state index contributed by atoms with van der Waals surface area (Å²) in [6.07, 6.45) is 11.5. The summed E-state index contributed by atoms with van der Waals surface area (Å²) in [6.45, 7) is 2.95. The van der Waals surface area contributed by atoms with E-state index in [1.54, 1.807) is 6.20 Å². The third kappa shape index (κ3) is 5.00. The van der Waals surface area contributed by atoms with Crippen LogP contribution in [0.15, 0.2) is 59.9 Å². The average molecular weight is 445 g/mol. The molecule has 1 aliphatic heterocycles. The topological polar surface area (TPSA) is 69.0 Å². The van der Waals surface area contributed by atoms with Gasteiger partial charge in [0.05, 0.1) is 12.3 Å². The first kappa shape index (κ1) is 21.4. The molecule has 0 fully saturated rings. The maximum atomic E-state index is 11.6. The minimum Gasteiger partial charge on any atom is -0.494 e. The highest BCUT2D eigenvalue weighted by Gasteiger charge is 2.18. The zero-order chi connectivity index (χ0) is 22.6. The minimum absolute atomic E-state index is 0. The third-order valence-electron chi connectivity index (χ3n) is 6.62. The van der Waals surface area contributed by atoms with Crippen LogP contribution in [0.2, 0.25) is 0 Å². The van der Waals surface area contributed by atoms with Gasteiger partial charge in [-0.1, -0.05) is 23.3 Å². The molecule has 1 aliphatic carbocycles. The van der Waals surface area contributed by atoms with Crippen molar-refractivity contribution in [2.24, 2.45) is 0 Å². The lowest BCUT2D eigenvalue weighted by atomic mass is 9.98. The molecule has 2 aromatic heterocycles. The number of anilines is 1. The zero-order valence-corrected chi connectivity index (χ0v) is 19.1. The Morgan fingerprint density at radius 3 is 2.91 bits per heavy atom. The number of benzene rings is 1. The number of pyridine rings is 1. The zero-order valence-electron chi connectivity index (χ0n) is 19.1. The van der Waals surface area contributed by atoms with Gasteiger partial charge in [0, 0.05) is 32.0 Å². The number of ether oxygens (including phenoxy) is 1. The maximum absolute atomic E-state index is 11.6. The molecule has 33 heavy (non-hydrogen) atoms. The molecule has 1 aromatic carbocycles. The Labute approximate surface area is 196 Å². The monoisotopic (exact) mass is 444 g/mol. The molecular formula is C27H32N4O2. The van der Waals surface area contributed by atoms with Gasteiger partial charge in [0.1, 0.15) is 5.75 Å². The van der Waals surface area contributed by atoms with Gasteiger partial charge in [-0.05, 0) is 81.2 Å². The highest BCUT2D eigenvalue weighted by atomic mass is 16.5. The first-order chi connectivity index (χ1) is 16.2. The number of carbonyl (C=O) groups excluding carboxylic acids is 1. The van der Waals surface area contributed by atoms with Crippen LogP contribution in [0.3, 0.4) is 0 Å². The Balaban J connectivity index is 0.00000274. The van der Waals surface area contributed by atoms with Gasteiger partial charge in [0.25, 0.3) is 0 Å². The third-order valence-corrected chi connectivity index (χ3v) is 6.62. The lowest BCUT2D eigenvalue weighted by Crippen LogP contribution is -2.18. The van der Waals surface area contributed by atoms with Crippen LogP contribution in [-0.2, 0) is 24.1 Å². The van der Waals surface area contributed by atoms with E-state index in [-0.39, 0.29) is 7.33 Å². The average Bonchev–Trinajstić information content (AvgIpc) is 3.18. The number of hydrogen-bond acceptors (Lipinski definition) is 4. The number of rotatable bonds is 7. The Morgan fingerprint density at radius 2 is 2.03 bits per heavy atom. The standard InChI is InChI=1S/C27H30N4O2.H2/c1-19-8-12-24-22(18-31(30-24)26-7-2-4-14-28-26)16-21(19)6-3-5-15-33-23-11-9-20-10-13-27(32)29-25(20)17-23;/h2,4,7,9,11,14,17-18H,3,5-6,8,10,12-13,15-16H2,1H3,(H,29,32);1H. The maximum Gasteiger partial charge on any atom is 0.224 e. The van der Waals surface area contributed by atoms with Crippen LogP contribution in [0.1, 0.15) is 57.3 Å². The smallest absolute Gasteiger partial charge is 0.224 e. The van der Waals surface area contributed by atoms with Crippen LogP contribution in [0.25, 0.3) is 5.82 Å². The molecule has 1 N–H and O–H groups in total. The summed E-state index contributed by atoms with van der Waals surface area (Å²) in [5.41, 5.74) is 7.63.